The van der Waals surface area contributed by atoms with Gasteiger partial charge in [-0.25, -0.2) is 13.4 Å². The highest BCUT2D eigenvalue weighted by Gasteiger charge is 2.15. The van der Waals surface area contributed by atoms with Crippen LogP contribution in [-0.2, 0) is 21.1 Å². The van der Waals surface area contributed by atoms with E-state index in [1.165, 1.54) is 22.7 Å². The van der Waals surface area contributed by atoms with Gasteiger partial charge in [-0.15, -0.1) is 16.4 Å². The average molecular weight is 409 g/mol. The molecule has 2 aromatic heterocycles. The molecule has 10 heteroatoms. The fourth-order valence-electron chi connectivity index (χ4n) is 2.21. The second-order valence-electron chi connectivity index (χ2n) is 5.43. The van der Waals surface area contributed by atoms with Crippen LogP contribution in [0.5, 0.6) is 0 Å². The number of anilines is 1. The van der Waals surface area contributed by atoms with Crippen molar-refractivity contribution in [3.05, 3.63) is 52.5 Å². The number of nitrogens with one attached hydrogen (secondary N) is 2. The van der Waals surface area contributed by atoms with Crippen molar-refractivity contribution in [2.45, 2.75) is 16.5 Å². The Morgan fingerprint density at radius 3 is 2.81 bits per heavy atom. The van der Waals surface area contributed by atoms with E-state index in [0.29, 0.717) is 11.6 Å². The largest absolute Gasteiger partial charge is 0.324 e. The molecule has 0 saturated heterocycles. The number of carbonyl (C=O) groups is 1. The zero-order valence-corrected chi connectivity index (χ0v) is 16.2. The molecule has 0 unspecified atom stereocenters. The molecule has 0 saturated carbocycles. The summed E-state index contributed by atoms with van der Waals surface area (Å²) in [5.74, 6) is 0.488. The second-order valence-corrected chi connectivity index (χ2v) is 9.38. The fourth-order valence-corrected chi connectivity index (χ4v) is 4.38. The first-order valence-electron chi connectivity index (χ1n) is 7.57. The molecule has 2 heterocycles. The van der Waals surface area contributed by atoms with Crippen molar-refractivity contribution in [1.29, 1.82) is 0 Å². The Kier molecular flexibility index (Phi) is 5.74. The minimum atomic E-state index is -3.42. The van der Waals surface area contributed by atoms with Gasteiger partial charge >= 0.3 is 0 Å². The number of rotatable bonds is 7. The van der Waals surface area contributed by atoms with Crippen molar-refractivity contribution in [1.82, 2.24) is 15.2 Å². The zero-order valence-electron chi connectivity index (χ0n) is 13.8. The highest BCUT2D eigenvalue weighted by atomic mass is 32.2. The summed E-state index contributed by atoms with van der Waals surface area (Å²) in [4.78, 5) is 17.8. The van der Waals surface area contributed by atoms with Crippen LogP contribution in [-0.4, -0.2) is 41.5 Å². The van der Waals surface area contributed by atoms with Crippen molar-refractivity contribution < 1.29 is 13.2 Å². The van der Waals surface area contributed by atoms with Gasteiger partial charge in [0.25, 0.3) is 0 Å². The third-order valence-electron chi connectivity index (χ3n) is 3.33. The molecule has 0 atom stereocenters. The number of thioether (sulfide) groups is 1. The summed E-state index contributed by atoms with van der Waals surface area (Å²) < 4.78 is 23.5. The van der Waals surface area contributed by atoms with E-state index in [4.69, 9.17) is 0 Å². The molecule has 7 nitrogen and oxygen atoms in total. The molecule has 1 amide bonds. The van der Waals surface area contributed by atoms with E-state index >= 15 is 0 Å². The Morgan fingerprint density at radius 2 is 2.08 bits per heavy atom. The van der Waals surface area contributed by atoms with Crippen LogP contribution in [0.1, 0.15) is 10.7 Å². The van der Waals surface area contributed by atoms with E-state index in [1.54, 1.807) is 29.5 Å². The highest BCUT2D eigenvalue weighted by molar-refractivity contribution is 7.99. The van der Waals surface area contributed by atoms with Crippen LogP contribution in [0.15, 0.2) is 51.8 Å². The van der Waals surface area contributed by atoms with Gasteiger partial charge in [0.2, 0.25) is 11.1 Å². The first-order valence-corrected chi connectivity index (χ1v) is 11.3. The molecule has 136 valence electrons. The molecule has 0 bridgehead atoms. The Hall–Kier alpha value is -2.17. The van der Waals surface area contributed by atoms with Crippen LogP contribution in [0.25, 0.3) is 0 Å². The predicted octanol–water partition coefficient (Wildman–Crippen LogP) is 2.59. The van der Waals surface area contributed by atoms with E-state index in [2.05, 4.69) is 20.5 Å². The number of para-hydroxylation sites is 1. The molecule has 2 N–H and O–H groups in total. The van der Waals surface area contributed by atoms with Crippen molar-refractivity contribution in [3.8, 4) is 0 Å². The minimum absolute atomic E-state index is 0.0778. The van der Waals surface area contributed by atoms with Crippen molar-refractivity contribution >= 4 is 44.5 Å². The van der Waals surface area contributed by atoms with Crippen molar-refractivity contribution in [3.63, 3.8) is 0 Å². The zero-order chi connectivity index (χ0) is 18.6. The maximum Gasteiger partial charge on any atom is 0.234 e. The number of amides is 1. The van der Waals surface area contributed by atoms with Gasteiger partial charge in [0.05, 0.1) is 16.3 Å². The number of carbonyl (C=O) groups excluding carboxylic acids is 1. The monoisotopic (exact) mass is 408 g/mol. The number of H-pyrrole nitrogens is 1. The Labute approximate surface area is 159 Å². The Balaban J connectivity index is 1.58. The maximum absolute atomic E-state index is 12.1. The number of nitrogens with zero attached hydrogens (tertiary/aromatic N) is 2. The maximum atomic E-state index is 12.1. The van der Waals surface area contributed by atoms with Gasteiger partial charge in [-0.2, -0.15) is 0 Å². The number of benzene rings is 1. The number of sulfone groups is 1. The number of thiophene rings is 1. The van der Waals surface area contributed by atoms with Gasteiger partial charge in [0.15, 0.2) is 9.84 Å². The minimum Gasteiger partial charge on any atom is -0.324 e. The molecule has 0 aliphatic carbocycles. The van der Waals surface area contributed by atoms with Gasteiger partial charge in [0, 0.05) is 17.6 Å². The lowest BCUT2D eigenvalue weighted by atomic mass is 10.3. The standard InChI is InChI=1S/C16H16N4O3S3/c1-26(22,23)13-7-3-2-6-12(13)17-15(21)10-25-16-18-14(19-20-16)9-11-5-4-8-24-11/h2-8H,9-10H2,1H3,(H,17,21)(H,18,19,20). The quantitative estimate of drug-likeness (QED) is 0.582. The number of hydrogen-bond acceptors (Lipinski definition) is 7. The molecule has 0 radical (unpaired) electrons. The summed E-state index contributed by atoms with van der Waals surface area (Å²) in [5, 5.41) is 12.1. The third kappa shape index (κ3) is 4.93. The topological polar surface area (TPSA) is 105 Å². The lowest BCUT2D eigenvalue weighted by Gasteiger charge is -2.08. The second kappa shape index (κ2) is 8.02. The summed E-state index contributed by atoms with van der Waals surface area (Å²) in [6.45, 7) is 0. The fraction of sp³-hybridized carbons (Fsp3) is 0.188. The first-order chi connectivity index (χ1) is 12.4. The lowest BCUT2D eigenvalue weighted by molar-refractivity contribution is -0.113. The molecule has 0 aliphatic rings. The lowest BCUT2D eigenvalue weighted by Crippen LogP contribution is -2.16. The van der Waals surface area contributed by atoms with E-state index in [9.17, 15) is 13.2 Å². The van der Waals surface area contributed by atoms with Crippen LogP contribution < -0.4 is 5.32 Å². The molecule has 0 fully saturated rings. The van der Waals surface area contributed by atoms with Crippen LogP contribution in [0, 0.1) is 0 Å². The van der Waals surface area contributed by atoms with Gasteiger partial charge in [-0.05, 0) is 23.6 Å². The highest BCUT2D eigenvalue weighted by Crippen LogP contribution is 2.21. The summed E-state index contributed by atoms with van der Waals surface area (Å²) in [6.07, 6.45) is 1.77. The van der Waals surface area contributed by atoms with Crippen LogP contribution in [0.4, 0.5) is 5.69 Å². The molecule has 3 aromatic rings. The third-order valence-corrected chi connectivity index (χ3v) is 6.20. The molecule has 26 heavy (non-hydrogen) atoms. The number of aromatic nitrogens is 3. The smallest absolute Gasteiger partial charge is 0.234 e. The molecule has 3 rings (SSSR count). The number of hydrogen-bond donors (Lipinski definition) is 2. The van der Waals surface area contributed by atoms with Crippen molar-refractivity contribution in [2.24, 2.45) is 0 Å². The normalized spacial score (nSPS) is 11.4. The molecular weight excluding hydrogens is 392 g/mol. The van der Waals surface area contributed by atoms with Crippen LogP contribution in [0.3, 0.4) is 0 Å². The van der Waals surface area contributed by atoms with Crippen molar-refractivity contribution in [2.75, 3.05) is 17.3 Å². The molecular formula is C16H16N4O3S3. The molecule has 1 aromatic carbocycles. The van der Waals surface area contributed by atoms with Gasteiger partial charge < -0.3 is 5.32 Å². The predicted molar refractivity (Wildman–Crippen MR) is 102 cm³/mol. The first kappa shape index (κ1) is 18.6. The van der Waals surface area contributed by atoms with E-state index in [1.807, 2.05) is 17.5 Å². The SMILES string of the molecule is CS(=O)(=O)c1ccccc1NC(=O)CSc1n[nH]c(Cc2cccs2)n1. The van der Waals surface area contributed by atoms with E-state index in [0.717, 1.165) is 12.1 Å². The van der Waals surface area contributed by atoms with Gasteiger partial charge in [0.1, 0.15) is 5.82 Å². The van der Waals surface area contributed by atoms with Gasteiger partial charge in [-0.1, -0.05) is 30.0 Å². The van der Waals surface area contributed by atoms with E-state index in [-0.39, 0.29) is 22.2 Å². The summed E-state index contributed by atoms with van der Waals surface area (Å²) in [6, 6.07) is 10.3. The van der Waals surface area contributed by atoms with E-state index < -0.39 is 9.84 Å². The Bertz CT molecular complexity index is 997. The van der Waals surface area contributed by atoms with Crippen LogP contribution in [0.2, 0.25) is 0 Å². The van der Waals surface area contributed by atoms with Crippen LogP contribution >= 0.6 is 23.1 Å². The van der Waals surface area contributed by atoms with Gasteiger partial charge in [-0.3, -0.25) is 9.89 Å². The molecule has 0 spiro atoms. The average Bonchev–Trinajstić information content (AvgIpc) is 3.25. The number of aromatic amines is 1. The Morgan fingerprint density at radius 1 is 1.27 bits per heavy atom. The summed E-state index contributed by atoms with van der Waals surface area (Å²) in [5.41, 5.74) is 0.272. The summed E-state index contributed by atoms with van der Waals surface area (Å²) in [7, 11) is -3.42. The molecule has 0 aliphatic heterocycles. The summed E-state index contributed by atoms with van der Waals surface area (Å²) >= 11 is 2.82.